The van der Waals surface area contributed by atoms with Crippen LogP contribution in [0, 0.1) is 0 Å². The van der Waals surface area contributed by atoms with Gasteiger partial charge in [0.25, 0.3) is 0 Å². The molecular weight excluding hydrogens is 294 g/mol. The second-order valence-corrected chi connectivity index (χ2v) is 5.06. The van der Waals surface area contributed by atoms with E-state index in [2.05, 4.69) is 5.43 Å². The second kappa shape index (κ2) is 5.55. The van der Waals surface area contributed by atoms with E-state index in [9.17, 15) is 0 Å². The lowest BCUT2D eigenvalue weighted by molar-refractivity contribution is 0.110. The molecule has 0 aliphatic carbocycles. The van der Waals surface area contributed by atoms with Gasteiger partial charge in [-0.1, -0.05) is 11.6 Å². The number of anilines is 1. The van der Waals surface area contributed by atoms with Crippen molar-refractivity contribution in [3.05, 3.63) is 22.3 Å². The van der Waals surface area contributed by atoms with Gasteiger partial charge >= 0.3 is 0 Å². The number of hydrogen-bond acceptors (Lipinski definition) is 6. The normalized spacial score (nSPS) is 13.9. The number of nitrogens with one attached hydrogen (secondary N) is 1. The molecule has 3 rings (SSSR count). The van der Waals surface area contributed by atoms with Crippen molar-refractivity contribution >= 4 is 28.2 Å². The van der Waals surface area contributed by atoms with E-state index in [1.165, 1.54) is 0 Å². The maximum atomic E-state index is 6.44. The number of nitrogen functional groups attached to an aromatic ring is 1. The summed E-state index contributed by atoms with van der Waals surface area (Å²) in [6.45, 7) is 1.09. The fourth-order valence-electron chi connectivity index (χ4n) is 2.61. The summed E-state index contributed by atoms with van der Waals surface area (Å²) in [7, 11) is 3.14. The van der Waals surface area contributed by atoms with Crippen molar-refractivity contribution < 1.29 is 14.2 Å². The van der Waals surface area contributed by atoms with E-state index in [0.29, 0.717) is 46.3 Å². The number of benzene rings is 1. The number of ether oxygens (including phenoxy) is 3. The molecule has 1 aromatic carbocycles. The molecule has 3 N–H and O–H groups in total. The number of rotatable bonds is 3. The molecule has 0 unspecified atom stereocenters. The standard InChI is InChI=1S/C14H16ClN3O3/c1-19-9-5-10(20-2)14-11(12(9)15)13(18-16)7-6-21-4-3-8(7)17-14/h5H,3-4,6,16H2,1-2H3,(H,17,18). The topological polar surface area (TPSA) is 78.6 Å². The van der Waals surface area contributed by atoms with Gasteiger partial charge in [-0.25, -0.2) is 4.98 Å². The van der Waals surface area contributed by atoms with Crippen LogP contribution in [-0.2, 0) is 17.8 Å². The molecule has 2 heterocycles. The van der Waals surface area contributed by atoms with Gasteiger partial charge in [-0.2, -0.15) is 0 Å². The summed E-state index contributed by atoms with van der Waals surface area (Å²) < 4.78 is 16.2. The van der Waals surface area contributed by atoms with Gasteiger partial charge in [0.2, 0.25) is 0 Å². The van der Waals surface area contributed by atoms with Gasteiger partial charge < -0.3 is 19.6 Å². The molecule has 21 heavy (non-hydrogen) atoms. The minimum atomic E-state index is 0.446. The summed E-state index contributed by atoms with van der Waals surface area (Å²) in [5.74, 6) is 6.82. The summed E-state index contributed by atoms with van der Waals surface area (Å²) in [6, 6.07) is 1.73. The van der Waals surface area contributed by atoms with Gasteiger partial charge in [-0.15, -0.1) is 0 Å². The van der Waals surface area contributed by atoms with Gasteiger partial charge in [0.1, 0.15) is 17.0 Å². The Morgan fingerprint density at radius 2 is 2.10 bits per heavy atom. The maximum absolute atomic E-state index is 6.44. The minimum absolute atomic E-state index is 0.446. The number of fused-ring (bicyclic) bond motifs is 2. The SMILES string of the molecule is COc1cc(OC)c2nc3c(c(NN)c2c1Cl)COCC3. The van der Waals surface area contributed by atoms with Crippen LogP contribution in [0.3, 0.4) is 0 Å². The summed E-state index contributed by atoms with van der Waals surface area (Å²) in [4.78, 5) is 4.69. The Labute approximate surface area is 127 Å². The van der Waals surface area contributed by atoms with Crippen LogP contribution in [0.15, 0.2) is 6.07 Å². The first kappa shape index (κ1) is 14.2. The number of aromatic nitrogens is 1. The molecule has 0 radical (unpaired) electrons. The van der Waals surface area contributed by atoms with Crippen LogP contribution >= 0.6 is 11.6 Å². The lowest BCUT2D eigenvalue weighted by atomic mass is 10.0. The zero-order chi connectivity index (χ0) is 15.0. The van der Waals surface area contributed by atoms with Gasteiger partial charge in [-0.3, -0.25) is 5.84 Å². The molecule has 0 fully saturated rings. The Bertz CT molecular complexity index is 706. The molecule has 0 spiro atoms. The smallest absolute Gasteiger partial charge is 0.148 e. The molecule has 6 nitrogen and oxygen atoms in total. The summed E-state index contributed by atoms with van der Waals surface area (Å²) in [5, 5.41) is 1.13. The van der Waals surface area contributed by atoms with Crippen molar-refractivity contribution in [1.29, 1.82) is 0 Å². The third-order valence-electron chi connectivity index (χ3n) is 3.63. The van der Waals surface area contributed by atoms with E-state index in [-0.39, 0.29) is 0 Å². The molecule has 0 amide bonds. The minimum Gasteiger partial charge on any atom is -0.495 e. The van der Waals surface area contributed by atoms with Crippen LogP contribution in [0.2, 0.25) is 5.02 Å². The molecule has 2 aromatic rings. The highest BCUT2D eigenvalue weighted by atomic mass is 35.5. The van der Waals surface area contributed by atoms with E-state index in [1.807, 2.05) is 0 Å². The van der Waals surface area contributed by atoms with Gasteiger partial charge in [0, 0.05) is 18.1 Å². The quantitative estimate of drug-likeness (QED) is 0.669. The first-order chi connectivity index (χ1) is 10.2. The van der Waals surface area contributed by atoms with Gasteiger partial charge in [0.05, 0.1) is 49.2 Å². The highest BCUT2D eigenvalue weighted by Gasteiger charge is 2.23. The van der Waals surface area contributed by atoms with Crippen LogP contribution in [-0.4, -0.2) is 25.8 Å². The van der Waals surface area contributed by atoms with E-state index < -0.39 is 0 Å². The number of hydrazine groups is 1. The lowest BCUT2D eigenvalue weighted by Gasteiger charge is -2.22. The maximum Gasteiger partial charge on any atom is 0.148 e. The van der Waals surface area contributed by atoms with E-state index in [4.69, 9.17) is 36.6 Å². The van der Waals surface area contributed by atoms with Crippen molar-refractivity contribution in [2.75, 3.05) is 26.3 Å². The molecule has 112 valence electrons. The first-order valence-electron chi connectivity index (χ1n) is 6.51. The lowest BCUT2D eigenvalue weighted by Crippen LogP contribution is -2.18. The molecule has 1 aromatic heterocycles. The van der Waals surface area contributed by atoms with Crippen molar-refractivity contribution in [3.63, 3.8) is 0 Å². The van der Waals surface area contributed by atoms with Gasteiger partial charge in [-0.05, 0) is 0 Å². The monoisotopic (exact) mass is 309 g/mol. The zero-order valence-electron chi connectivity index (χ0n) is 11.8. The Kier molecular flexibility index (Phi) is 3.75. The molecule has 0 saturated heterocycles. The largest absolute Gasteiger partial charge is 0.495 e. The molecule has 1 aliphatic heterocycles. The van der Waals surface area contributed by atoms with E-state index in [1.54, 1.807) is 20.3 Å². The Hall–Kier alpha value is -1.76. The third-order valence-corrected chi connectivity index (χ3v) is 4.00. The highest BCUT2D eigenvalue weighted by molar-refractivity contribution is 6.38. The molecular formula is C14H16ClN3O3. The molecule has 0 bridgehead atoms. The molecule has 0 saturated carbocycles. The predicted molar refractivity (Wildman–Crippen MR) is 81.0 cm³/mol. The molecule has 7 heteroatoms. The number of pyridine rings is 1. The van der Waals surface area contributed by atoms with Crippen LogP contribution in [0.5, 0.6) is 11.5 Å². The Balaban J connectivity index is 2.44. The average Bonchev–Trinajstić information content (AvgIpc) is 2.53. The average molecular weight is 310 g/mol. The van der Waals surface area contributed by atoms with Gasteiger partial charge in [0.15, 0.2) is 0 Å². The Morgan fingerprint density at radius 3 is 2.76 bits per heavy atom. The Morgan fingerprint density at radius 1 is 1.33 bits per heavy atom. The first-order valence-corrected chi connectivity index (χ1v) is 6.89. The number of nitrogens with two attached hydrogens (primary N) is 1. The zero-order valence-corrected chi connectivity index (χ0v) is 12.6. The number of halogens is 1. The molecule has 0 atom stereocenters. The van der Waals surface area contributed by atoms with Crippen molar-refractivity contribution in [3.8, 4) is 11.5 Å². The second-order valence-electron chi connectivity index (χ2n) is 4.68. The van der Waals surface area contributed by atoms with Crippen LogP contribution in [0.25, 0.3) is 10.9 Å². The van der Waals surface area contributed by atoms with Crippen LogP contribution in [0.4, 0.5) is 5.69 Å². The van der Waals surface area contributed by atoms with Crippen molar-refractivity contribution in [2.24, 2.45) is 5.84 Å². The van der Waals surface area contributed by atoms with E-state index >= 15 is 0 Å². The molecule has 1 aliphatic rings. The summed E-state index contributed by atoms with van der Waals surface area (Å²) >= 11 is 6.44. The van der Waals surface area contributed by atoms with Crippen molar-refractivity contribution in [2.45, 2.75) is 13.0 Å². The fourth-order valence-corrected chi connectivity index (χ4v) is 2.92. The predicted octanol–water partition coefficient (Wildman–Crippen LogP) is 2.26. The van der Waals surface area contributed by atoms with Crippen molar-refractivity contribution in [1.82, 2.24) is 4.98 Å². The summed E-state index contributed by atoms with van der Waals surface area (Å²) in [6.07, 6.45) is 0.729. The van der Waals surface area contributed by atoms with Crippen LogP contribution < -0.4 is 20.7 Å². The number of nitrogens with zero attached hydrogens (tertiary/aromatic N) is 1. The highest BCUT2D eigenvalue weighted by Crippen LogP contribution is 2.44. The fraction of sp³-hybridized carbons (Fsp3) is 0.357. The number of hydrogen-bond donors (Lipinski definition) is 2. The third kappa shape index (κ3) is 2.16. The number of methoxy groups -OCH3 is 2. The van der Waals surface area contributed by atoms with Crippen LogP contribution in [0.1, 0.15) is 11.3 Å². The summed E-state index contributed by atoms with van der Waals surface area (Å²) in [5.41, 5.74) is 5.97. The van der Waals surface area contributed by atoms with E-state index in [0.717, 1.165) is 17.7 Å².